The molecule has 0 saturated carbocycles. The van der Waals surface area contributed by atoms with Gasteiger partial charge in [-0.05, 0) is 37.6 Å². The average Bonchev–Trinajstić information content (AvgIpc) is 2.31. The van der Waals surface area contributed by atoms with E-state index in [-0.39, 0.29) is 6.61 Å². The third-order valence-corrected chi connectivity index (χ3v) is 2.60. The minimum Gasteiger partial charge on any atom is -0.457 e. The van der Waals surface area contributed by atoms with Crippen molar-refractivity contribution < 1.29 is 9.84 Å². The molecule has 0 bridgehead atoms. The maximum Gasteiger partial charge on any atom is 0.132 e. The molecule has 88 valence electrons. The van der Waals surface area contributed by atoms with Crippen LogP contribution in [0.3, 0.4) is 0 Å². The van der Waals surface area contributed by atoms with Crippen molar-refractivity contribution in [1.82, 2.24) is 0 Å². The maximum atomic E-state index is 9.30. The van der Waals surface area contributed by atoms with Crippen LogP contribution in [0.5, 0.6) is 11.5 Å². The molecule has 0 amide bonds. The SMILES string of the molecule is Cc1cccc(Oc2ccc(C)cc2CO)c1. The second kappa shape index (κ2) is 5.02. The second-order valence-electron chi connectivity index (χ2n) is 4.19. The first-order valence-corrected chi connectivity index (χ1v) is 5.64. The van der Waals surface area contributed by atoms with Crippen LogP contribution in [0.2, 0.25) is 0 Å². The molecule has 0 heterocycles. The van der Waals surface area contributed by atoms with Crippen LogP contribution in [0.25, 0.3) is 0 Å². The van der Waals surface area contributed by atoms with Gasteiger partial charge in [-0.3, -0.25) is 0 Å². The summed E-state index contributed by atoms with van der Waals surface area (Å²) in [7, 11) is 0. The monoisotopic (exact) mass is 228 g/mol. The summed E-state index contributed by atoms with van der Waals surface area (Å²) in [6.07, 6.45) is 0. The van der Waals surface area contributed by atoms with E-state index < -0.39 is 0 Å². The Kier molecular flexibility index (Phi) is 3.45. The fraction of sp³-hybridized carbons (Fsp3) is 0.200. The van der Waals surface area contributed by atoms with Gasteiger partial charge in [0.25, 0.3) is 0 Å². The number of rotatable bonds is 3. The lowest BCUT2D eigenvalue weighted by molar-refractivity contribution is 0.276. The van der Waals surface area contributed by atoms with E-state index in [2.05, 4.69) is 0 Å². The van der Waals surface area contributed by atoms with E-state index in [4.69, 9.17) is 4.74 Å². The van der Waals surface area contributed by atoms with Gasteiger partial charge in [0.05, 0.1) is 6.61 Å². The molecule has 0 atom stereocenters. The van der Waals surface area contributed by atoms with Gasteiger partial charge >= 0.3 is 0 Å². The van der Waals surface area contributed by atoms with Gasteiger partial charge in [-0.2, -0.15) is 0 Å². The Balaban J connectivity index is 2.29. The summed E-state index contributed by atoms with van der Waals surface area (Å²) in [5.74, 6) is 1.51. The van der Waals surface area contributed by atoms with Crippen LogP contribution in [0.4, 0.5) is 0 Å². The van der Waals surface area contributed by atoms with Crippen LogP contribution in [0.15, 0.2) is 42.5 Å². The van der Waals surface area contributed by atoms with Gasteiger partial charge in [0.15, 0.2) is 0 Å². The molecule has 1 N–H and O–H groups in total. The van der Waals surface area contributed by atoms with E-state index in [0.717, 1.165) is 22.4 Å². The number of ether oxygens (including phenoxy) is 1. The molecule has 17 heavy (non-hydrogen) atoms. The molecule has 2 nitrogen and oxygen atoms in total. The van der Waals surface area contributed by atoms with E-state index in [0.29, 0.717) is 5.75 Å². The van der Waals surface area contributed by atoms with Crippen molar-refractivity contribution in [3.63, 3.8) is 0 Å². The van der Waals surface area contributed by atoms with Crippen LogP contribution < -0.4 is 4.74 Å². The summed E-state index contributed by atoms with van der Waals surface area (Å²) in [4.78, 5) is 0. The Hall–Kier alpha value is -1.80. The third kappa shape index (κ3) is 2.86. The van der Waals surface area contributed by atoms with Crippen molar-refractivity contribution in [3.05, 3.63) is 59.2 Å². The predicted octanol–water partition coefficient (Wildman–Crippen LogP) is 3.59. The first-order valence-electron chi connectivity index (χ1n) is 5.64. The molecule has 0 aliphatic carbocycles. The van der Waals surface area contributed by atoms with Crippen molar-refractivity contribution in [2.45, 2.75) is 20.5 Å². The summed E-state index contributed by atoms with van der Waals surface area (Å²) < 4.78 is 5.78. The van der Waals surface area contributed by atoms with Crippen LogP contribution in [0, 0.1) is 13.8 Å². The Morgan fingerprint density at radius 3 is 2.47 bits per heavy atom. The fourth-order valence-electron chi connectivity index (χ4n) is 1.74. The molecular formula is C15H16O2. The van der Waals surface area contributed by atoms with Crippen molar-refractivity contribution in [2.24, 2.45) is 0 Å². The Morgan fingerprint density at radius 1 is 1.00 bits per heavy atom. The number of aliphatic hydroxyl groups is 1. The highest BCUT2D eigenvalue weighted by Crippen LogP contribution is 2.26. The second-order valence-corrected chi connectivity index (χ2v) is 4.19. The summed E-state index contributed by atoms with van der Waals surface area (Å²) in [6.45, 7) is 4.01. The maximum absolute atomic E-state index is 9.30. The van der Waals surface area contributed by atoms with Crippen molar-refractivity contribution >= 4 is 0 Å². The summed E-state index contributed by atoms with van der Waals surface area (Å²) in [5, 5.41) is 9.30. The zero-order valence-corrected chi connectivity index (χ0v) is 10.1. The molecule has 0 aliphatic rings. The summed E-state index contributed by atoms with van der Waals surface area (Å²) in [5.41, 5.74) is 3.08. The van der Waals surface area contributed by atoms with Crippen molar-refractivity contribution in [1.29, 1.82) is 0 Å². The molecule has 0 unspecified atom stereocenters. The topological polar surface area (TPSA) is 29.5 Å². The molecule has 0 aliphatic heterocycles. The van der Waals surface area contributed by atoms with Gasteiger partial charge in [-0.15, -0.1) is 0 Å². The zero-order valence-electron chi connectivity index (χ0n) is 10.1. The number of hydrogen-bond donors (Lipinski definition) is 1. The van der Waals surface area contributed by atoms with E-state index >= 15 is 0 Å². The van der Waals surface area contributed by atoms with Crippen LogP contribution >= 0.6 is 0 Å². The van der Waals surface area contributed by atoms with Crippen LogP contribution in [-0.4, -0.2) is 5.11 Å². The van der Waals surface area contributed by atoms with Gasteiger partial charge in [-0.1, -0.05) is 29.8 Å². The fourth-order valence-corrected chi connectivity index (χ4v) is 1.74. The lowest BCUT2D eigenvalue weighted by Crippen LogP contribution is -1.92. The van der Waals surface area contributed by atoms with Gasteiger partial charge in [-0.25, -0.2) is 0 Å². The first kappa shape index (κ1) is 11.7. The Bertz CT molecular complexity index is 518. The third-order valence-electron chi connectivity index (χ3n) is 2.60. The highest BCUT2D eigenvalue weighted by molar-refractivity contribution is 5.40. The number of hydrogen-bond acceptors (Lipinski definition) is 2. The van der Waals surface area contributed by atoms with E-state index in [1.54, 1.807) is 0 Å². The minimum atomic E-state index is -0.0111. The highest BCUT2D eigenvalue weighted by Gasteiger charge is 2.04. The molecule has 0 saturated heterocycles. The lowest BCUT2D eigenvalue weighted by Gasteiger charge is -2.10. The van der Waals surface area contributed by atoms with E-state index in [1.807, 2.05) is 56.3 Å². The normalized spacial score (nSPS) is 10.3. The molecular weight excluding hydrogens is 212 g/mol. The standard InChI is InChI=1S/C15H16O2/c1-11-4-3-5-14(9-11)17-15-7-6-12(2)8-13(15)10-16/h3-9,16H,10H2,1-2H3. The highest BCUT2D eigenvalue weighted by atomic mass is 16.5. The molecule has 2 aromatic carbocycles. The van der Waals surface area contributed by atoms with E-state index in [9.17, 15) is 5.11 Å². The average molecular weight is 228 g/mol. The predicted molar refractivity (Wildman–Crippen MR) is 68.4 cm³/mol. The number of aliphatic hydroxyl groups excluding tert-OH is 1. The molecule has 0 radical (unpaired) electrons. The minimum absolute atomic E-state index is 0.0111. The Labute approximate surface area is 101 Å². The van der Waals surface area contributed by atoms with Crippen molar-refractivity contribution in [3.8, 4) is 11.5 Å². The smallest absolute Gasteiger partial charge is 0.132 e. The van der Waals surface area contributed by atoms with Gasteiger partial charge in [0.1, 0.15) is 11.5 Å². The largest absolute Gasteiger partial charge is 0.457 e. The first-order chi connectivity index (χ1) is 8.19. The zero-order chi connectivity index (χ0) is 12.3. The molecule has 0 spiro atoms. The van der Waals surface area contributed by atoms with Gasteiger partial charge < -0.3 is 9.84 Å². The lowest BCUT2D eigenvalue weighted by atomic mass is 10.1. The summed E-state index contributed by atoms with van der Waals surface area (Å²) in [6, 6.07) is 13.7. The Morgan fingerprint density at radius 2 is 1.76 bits per heavy atom. The number of benzene rings is 2. The molecule has 2 heteroatoms. The van der Waals surface area contributed by atoms with Crippen LogP contribution in [0.1, 0.15) is 16.7 Å². The number of aryl methyl sites for hydroxylation is 2. The molecule has 0 fully saturated rings. The molecule has 2 aromatic rings. The van der Waals surface area contributed by atoms with Gasteiger partial charge in [0, 0.05) is 5.56 Å². The van der Waals surface area contributed by atoms with Crippen LogP contribution in [-0.2, 0) is 6.61 Å². The molecule has 2 rings (SSSR count). The van der Waals surface area contributed by atoms with Gasteiger partial charge in [0.2, 0.25) is 0 Å². The van der Waals surface area contributed by atoms with Crippen molar-refractivity contribution in [2.75, 3.05) is 0 Å². The quantitative estimate of drug-likeness (QED) is 0.870. The summed E-state index contributed by atoms with van der Waals surface area (Å²) >= 11 is 0. The van der Waals surface area contributed by atoms with E-state index in [1.165, 1.54) is 0 Å². The molecule has 0 aromatic heterocycles.